The monoisotopic (exact) mass is 435 g/mol. The predicted octanol–water partition coefficient (Wildman–Crippen LogP) is 5.31. The molecule has 3 nitrogen and oxygen atoms in total. The van der Waals surface area contributed by atoms with Crippen LogP contribution in [0.5, 0.6) is 0 Å². The first kappa shape index (κ1) is 19.0. The molecule has 26 heavy (non-hydrogen) atoms. The molecule has 0 bridgehead atoms. The molecule has 1 N–H and O–H groups in total. The summed E-state index contributed by atoms with van der Waals surface area (Å²) in [5, 5.41) is 3.50. The minimum absolute atomic E-state index is 0.0471. The summed E-state index contributed by atoms with van der Waals surface area (Å²) < 4.78 is 21.2. The maximum absolute atomic E-state index is 14.2. The Morgan fingerprint density at radius 1 is 1.27 bits per heavy atom. The highest BCUT2D eigenvalue weighted by molar-refractivity contribution is 9.10. The summed E-state index contributed by atoms with van der Waals surface area (Å²) in [6.07, 6.45) is 0.720. The normalized spacial score (nSPS) is 12.3. The first-order valence-electron chi connectivity index (χ1n) is 8.23. The van der Waals surface area contributed by atoms with Crippen molar-refractivity contribution in [3.8, 4) is 0 Å². The van der Waals surface area contributed by atoms with Gasteiger partial charge in [0, 0.05) is 33.3 Å². The molecule has 0 saturated heterocycles. The third-order valence-corrected chi connectivity index (χ3v) is 5.82. The first-order valence-corrected chi connectivity index (χ1v) is 9.84. The van der Waals surface area contributed by atoms with Crippen LogP contribution in [0.25, 0.3) is 10.1 Å². The fourth-order valence-corrected chi connectivity index (χ4v) is 4.34. The second-order valence-electron chi connectivity index (χ2n) is 6.16. The molecule has 0 aliphatic heterocycles. The Balaban J connectivity index is 1.81. The number of rotatable bonds is 6. The number of methoxy groups -OCH3 is 1. The number of fused-ring (bicyclic) bond motifs is 1. The van der Waals surface area contributed by atoms with E-state index in [-0.39, 0.29) is 24.4 Å². The Labute approximate surface area is 164 Å². The van der Waals surface area contributed by atoms with Gasteiger partial charge in [0.15, 0.2) is 0 Å². The number of nitrogens with one attached hydrogen (secondary N) is 1. The summed E-state index contributed by atoms with van der Waals surface area (Å²) in [6, 6.07) is 12.9. The lowest BCUT2D eigenvalue weighted by molar-refractivity contribution is 0.0940. The molecule has 0 fully saturated rings. The number of thiophene rings is 1. The third-order valence-electron chi connectivity index (χ3n) is 4.09. The van der Waals surface area contributed by atoms with Crippen molar-refractivity contribution in [2.45, 2.75) is 26.0 Å². The van der Waals surface area contributed by atoms with E-state index in [9.17, 15) is 9.18 Å². The fourth-order valence-electron chi connectivity index (χ4n) is 2.95. The quantitative estimate of drug-likeness (QED) is 0.569. The molecule has 0 aliphatic rings. The van der Waals surface area contributed by atoms with E-state index in [0.717, 1.165) is 21.2 Å². The van der Waals surface area contributed by atoms with Gasteiger partial charge in [-0.1, -0.05) is 34.1 Å². The number of carbonyl (C=O) groups is 1. The first-order chi connectivity index (χ1) is 12.5. The van der Waals surface area contributed by atoms with E-state index in [1.807, 2.05) is 37.3 Å². The lowest BCUT2D eigenvalue weighted by Crippen LogP contribution is -2.34. The number of benzene rings is 2. The van der Waals surface area contributed by atoms with Crippen molar-refractivity contribution >= 4 is 43.3 Å². The number of hydrogen-bond acceptors (Lipinski definition) is 3. The van der Waals surface area contributed by atoms with Crippen LogP contribution in [0, 0.1) is 5.82 Å². The van der Waals surface area contributed by atoms with Crippen LogP contribution in [0.15, 0.2) is 46.9 Å². The molecule has 1 aromatic heterocycles. The maximum atomic E-state index is 14.2. The summed E-state index contributed by atoms with van der Waals surface area (Å²) in [5.41, 5.74) is 1.75. The molecule has 1 heterocycles. The standard InChI is InChI=1S/C20H19BrFNO2S/c1-12(10-13-6-8-14(21)9-7-13)23-20(24)19-15(11-25-2)18-16(22)4-3-5-17(18)26-19/h3-9,12H,10-11H2,1-2H3,(H,23,24). The van der Waals surface area contributed by atoms with Gasteiger partial charge < -0.3 is 10.1 Å². The van der Waals surface area contributed by atoms with Crippen molar-refractivity contribution in [1.29, 1.82) is 0 Å². The van der Waals surface area contributed by atoms with Crippen LogP contribution in [0.1, 0.15) is 27.7 Å². The van der Waals surface area contributed by atoms with Gasteiger partial charge in [0.2, 0.25) is 0 Å². The van der Waals surface area contributed by atoms with Gasteiger partial charge in [-0.25, -0.2) is 4.39 Å². The average molecular weight is 436 g/mol. The number of carbonyl (C=O) groups excluding carboxylic acids is 1. The van der Waals surface area contributed by atoms with E-state index in [2.05, 4.69) is 21.2 Å². The molecule has 0 spiro atoms. The van der Waals surface area contributed by atoms with Crippen LogP contribution < -0.4 is 5.32 Å². The molecule has 136 valence electrons. The zero-order valence-electron chi connectivity index (χ0n) is 14.5. The lowest BCUT2D eigenvalue weighted by atomic mass is 10.1. The van der Waals surface area contributed by atoms with Crippen molar-refractivity contribution in [2.24, 2.45) is 0 Å². The number of ether oxygens (including phenoxy) is 1. The SMILES string of the molecule is COCc1c(C(=O)NC(C)Cc2ccc(Br)cc2)sc2cccc(F)c12. The minimum atomic E-state index is -0.326. The molecule has 3 rings (SSSR count). The Morgan fingerprint density at radius 3 is 2.69 bits per heavy atom. The Hall–Kier alpha value is -1.76. The molecule has 1 unspecified atom stereocenters. The molecule has 6 heteroatoms. The van der Waals surface area contributed by atoms with Gasteiger partial charge in [0.25, 0.3) is 5.91 Å². The van der Waals surface area contributed by atoms with E-state index in [1.54, 1.807) is 13.2 Å². The van der Waals surface area contributed by atoms with E-state index in [0.29, 0.717) is 15.8 Å². The second-order valence-corrected chi connectivity index (χ2v) is 8.13. The largest absolute Gasteiger partial charge is 0.380 e. The van der Waals surface area contributed by atoms with Gasteiger partial charge in [-0.15, -0.1) is 11.3 Å². The van der Waals surface area contributed by atoms with E-state index >= 15 is 0 Å². The van der Waals surface area contributed by atoms with Crippen molar-refractivity contribution < 1.29 is 13.9 Å². The van der Waals surface area contributed by atoms with Crippen LogP contribution in [0.4, 0.5) is 4.39 Å². The molecule has 0 radical (unpaired) electrons. The molecular weight excluding hydrogens is 417 g/mol. The molecule has 2 aromatic carbocycles. The highest BCUT2D eigenvalue weighted by Gasteiger charge is 2.21. The van der Waals surface area contributed by atoms with Crippen LogP contribution >= 0.6 is 27.3 Å². The topological polar surface area (TPSA) is 38.3 Å². The van der Waals surface area contributed by atoms with Gasteiger partial charge in [0.05, 0.1) is 11.5 Å². The van der Waals surface area contributed by atoms with Gasteiger partial charge in [-0.2, -0.15) is 0 Å². The highest BCUT2D eigenvalue weighted by atomic mass is 79.9. The molecule has 1 amide bonds. The van der Waals surface area contributed by atoms with Crippen LogP contribution in [-0.4, -0.2) is 19.1 Å². The Morgan fingerprint density at radius 2 is 2.00 bits per heavy atom. The van der Waals surface area contributed by atoms with E-state index in [4.69, 9.17) is 4.74 Å². The van der Waals surface area contributed by atoms with Crippen molar-refractivity contribution in [2.75, 3.05) is 7.11 Å². The van der Waals surface area contributed by atoms with Gasteiger partial charge >= 0.3 is 0 Å². The maximum Gasteiger partial charge on any atom is 0.261 e. The van der Waals surface area contributed by atoms with Crippen molar-refractivity contribution in [3.63, 3.8) is 0 Å². The Kier molecular flexibility index (Phi) is 6.06. The number of hydrogen-bond donors (Lipinski definition) is 1. The van der Waals surface area contributed by atoms with Crippen LogP contribution in [-0.2, 0) is 17.8 Å². The zero-order chi connectivity index (χ0) is 18.7. The van der Waals surface area contributed by atoms with Gasteiger partial charge in [-0.3, -0.25) is 4.79 Å². The number of halogens is 2. The van der Waals surface area contributed by atoms with Crippen LogP contribution in [0.3, 0.4) is 0 Å². The summed E-state index contributed by atoms with van der Waals surface area (Å²) in [6.45, 7) is 2.16. The third kappa shape index (κ3) is 4.14. The molecule has 1 atom stereocenters. The summed E-state index contributed by atoms with van der Waals surface area (Å²) >= 11 is 4.72. The van der Waals surface area contributed by atoms with Crippen molar-refractivity contribution in [3.05, 3.63) is 68.8 Å². The summed E-state index contributed by atoms with van der Waals surface area (Å²) in [4.78, 5) is 13.3. The van der Waals surface area contributed by atoms with E-state index in [1.165, 1.54) is 17.4 Å². The average Bonchev–Trinajstić information content (AvgIpc) is 2.97. The zero-order valence-corrected chi connectivity index (χ0v) is 16.9. The smallest absolute Gasteiger partial charge is 0.261 e. The number of amides is 1. The molecule has 0 saturated carbocycles. The van der Waals surface area contributed by atoms with Crippen LogP contribution in [0.2, 0.25) is 0 Å². The summed E-state index contributed by atoms with van der Waals surface area (Å²) in [5.74, 6) is -0.518. The van der Waals surface area contributed by atoms with Crippen molar-refractivity contribution in [1.82, 2.24) is 5.32 Å². The van der Waals surface area contributed by atoms with Gasteiger partial charge in [0.1, 0.15) is 5.82 Å². The molecule has 3 aromatic rings. The summed E-state index contributed by atoms with van der Waals surface area (Å²) in [7, 11) is 1.54. The minimum Gasteiger partial charge on any atom is -0.380 e. The predicted molar refractivity (Wildman–Crippen MR) is 107 cm³/mol. The fraction of sp³-hybridized carbons (Fsp3) is 0.250. The lowest BCUT2D eigenvalue weighted by Gasteiger charge is -2.14. The van der Waals surface area contributed by atoms with Gasteiger partial charge in [-0.05, 0) is 43.2 Å². The highest BCUT2D eigenvalue weighted by Crippen LogP contribution is 2.33. The molecular formula is C20H19BrFNO2S. The Bertz CT molecular complexity index is 923. The van der Waals surface area contributed by atoms with E-state index < -0.39 is 0 Å². The molecule has 0 aliphatic carbocycles. The second kappa shape index (κ2) is 8.29.